The molecule has 1 fully saturated rings. The van der Waals surface area contributed by atoms with Gasteiger partial charge in [-0.3, -0.25) is 4.79 Å². The van der Waals surface area contributed by atoms with Crippen molar-refractivity contribution < 1.29 is 9.53 Å². The zero-order valence-corrected chi connectivity index (χ0v) is 9.78. The zero-order chi connectivity index (χ0) is 11.4. The van der Waals surface area contributed by atoms with Crippen molar-refractivity contribution in [3.63, 3.8) is 0 Å². The van der Waals surface area contributed by atoms with Crippen molar-refractivity contribution >= 4 is 5.78 Å². The van der Waals surface area contributed by atoms with Crippen LogP contribution >= 0.6 is 0 Å². The zero-order valence-electron chi connectivity index (χ0n) is 9.78. The number of carbonyl (C=O) groups is 1. The first-order chi connectivity index (χ1) is 7.83. The van der Waals surface area contributed by atoms with Gasteiger partial charge >= 0.3 is 0 Å². The highest BCUT2D eigenvalue weighted by molar-refractivity contribution is 5.97. The monoisotopic (exact) mass is 223 g/mol. The average molecular weight is 223 g/mol. The molecule has 1 aliphatic carbocycles. The minimum Gasteiger partial charge on any atom is -0.501 e. The van der Waals surface area contributed by atoms with E-state index in [0.717, 1.165) is 37.9 Å². The Morgan fingerprint density at radius 3 is 2.88 bits per heavy atom. The van der Waals surface area contributed by atoms with Crippen LogP contribution in [0, 0.1) is 11.8 Å². The summed E-state index contributed by atoms with van der Waals surface area (Å²) in [6, 6.07) is 0. The molecule has 2 rings (SSSR count). The van der Waals surface area contributed by atoms with Gasteiger partial charge in [0, 0.05) is 11.5 Å². The largest absolute Gasteiger partial charge is 0.501 e. The van der Waals surface area contributed by atoms with E-state index < -0.39 is 0 Å². The standard InChI is InChI=1S/C13H21NO2/c14-8-10-4-1-2-6-12(10)13(15)11-5-3-7-16-9-11/h9-10,12H,1-8,14H2. The van der Waals surface area contributed by atoms with Gasteiger partial charge in [-0.25, -0.2) is 0 Å². The Morgan fingerprint density at radius 2 is 2.19 bits per heavy atom. The number of hydrogen-bond donors (Lipinski definition) is 1. The van der Waals surface area contributed by atoms with E-state index in [-0.39, 0.29) is 5.92 Å². The Morgan fingerprint density at radius 1 is 1.38 bits per heavy atom. The molecule has 0 aromatic rings. The third kappa shape index (κ3) is 2.46. The van der Waals surface area contributed by atoms with Gasteiger partial charge in [0.25, 0.3) is 0 Å². The molecule has 2 N–H and O–H groups in total. The fourth-order valence-corrected chi connectivity index (χ4v) is 2.82. The molecule has 90 valence electrons. The lowest BCUT2D eigenvalue weighted by Gasteiger charge is -2.30. The molecule has 0 aromatic heterocycles. The highest BCUT2D eigenvalue weighted by atomic mass is 16.5. The number of ketones is 1. The second-order valence-corrected chi connectivity index (χ2v) is 4.87. The molecule has 3 nitrogen and oxygen atoms in total. The topological polar surface area (TPSA) is 52.3 Å². The van der Waals surface area contributed by atoms with E-state index >= 15 is 0 Å². The predicted octanol–water partition coefficient (Wildman–Crippen LogP) is 2.01. The van der Waals surface area contributed by atoms with Gasteiger partial charge in [0.15, 0.2) is 5.78 Å². The molecule has 0 bridgehead atoms. The lowest BCUT2D eigenvalue weighted by atomic mass is 9.75. The van der Waals surface area contributed by atoms with E-state index in [9.17, 15) is 4.79 Å². The summed E-state index contributed by atoms with van der Waals surface area (Å²) in [5, 5.41) is 0. The van der Waals surface area contributed by atoms with E-state index in [1.54, 1.807) is 6.26 Å². The van der Waals surface area contributed by atoms with Crippen LogP contribution in [0.3, 0.4) is 0 Å². The van der Waals surface area contributed by atoms with Crippen molar-refractivity contribution in [2.75, 3.05) is 13.2 Å². The first kappa shape index (κ1) is 11.6. The van der Waals surface area contributed by atoms with Crippen LogP contribution in [0.2, 0.25) is 0 Å². The van der Waals surface area contributed by atoms with E-state index in [4.69, 9.17) is 10.5 Å². The summed E-state index contributed by atoms with van der Waals surface area (Å²) < 4.78 is 5.25. The molecule has 16 heavy (non-hydrogen) atoms. The van der Waals surface area contributed by atoms with Crippen LogP contribution < -0.4 is 5.73 Å². The second-order valence-electron chi connectivity index (χ2n) is 4.87. The molecule has 3 heteroatoms. The second kappa shape index (κ2) is 5.48. The van der Waals surface area contributed by atoms with E-state index in [2.05, 4.69) is 0 Å². The van der Waals surface area contributed by atoms with Crippen LogP contribution in [0.1, 0.15) is 38.5 Å². The van der Waals surface area contributed by atoms with Gasteiger partial charge in [0.05, 0.1) is 12.9 Å². The summed E-state index contributed by atoms with van der Waals surface area (Å²) in [5.41, 5.74) is 6.64. The highest BCUT2D eigenvalue weighted by Crippen LogP contribution is 2.33. The fourth-order valence-electron chi connectivity index (χ4n) is 2.82. The minimum absolute atomic E-state index is 0.159. The van der Waals surface area contributed by atoms with Gasteiger partial charge in [0.2, 0.25) is 0 Å². The summed E-state index contributed by atoms with van der Waals surface area (Å²) in [4.78, 5) is 12.3. The Balaban J connectivity index is 2.04. The SMILES string of the molecule is NCC1CCCCC1C(=O)C1=COCCC1. The summed E-state index contributed by atoms with van der Waals surface area (Å²) >= 11 is 0. The molecular formula is C13H21NO2. The van der Waals surface area contributed by atoms with Crippen molar-refractivity contribution in [3.05, 3.63) is 11.8 Å². The molecule has 0 aromatic carbocycles. The van der Waals surface area contributed by atoms with Gasteiger partial charge in [-0.15, -0.1) is 0 Å². The van der Waals surface area contributed by atoms with Crippen LogP contribution in [0.25, 0.3) is 0 Å². The normalized spacial score (nSPS) is 30.4. The van der Waals surface area contributed by atoms with Crippen LogP contribution in [0.5, 0.6) is 0 Å². The summed E-state index contributed by atoms with van der Waals surface area (Å²) in [6.45, 7) is 1.40. The summed E-state index contributed by atoms with van der Waals surface area (Å²) in [5.74, 6) is 0.852. The predicted molar refractivity (Wildman–Crippen MR) is 62.8 cm³/mol. The van der Waals surface area contributed by atoms with Crippen molar-refractivity contribution in [2.24, 2.45) is 17.6 Å². The number of carbonyl (C=O) groups excluding carboxylic acids is 1. The van der Waals surface area contributed by atoms with Crippen LogP contribution in [-0.2, 0) is 9.53 Å². The maximum atomic E-state index is 12.3. The van der Waals surface area contributed by atoms with Crippen molar-refractivity contribution in [3.8, 4) is 0 Å². The molecule has 2 aliphatic rings. The lowest BCUT2D eigenvalue weighted by Crippen LogP contribution is -2.33. The fraction of sp³-hybridized carbons (Fsp3) is 0.769. The molecule has 0 spiro atoms. The van der Waals surface area contributed by atoms with Crippen molar-refractivity contribution in [1.82, 2.24) is 0 Å². The van der Waals surface area contributed by atoms with E-state index in [0.29, 0.717) is 18.2 Å². The quantitative estimate of drug-likeness (QED) is 0.796. The van der Waals surface area contributed by atoms with Crippen molar-refractivity contribution in [1.29, 1.82) is 0 Å². The molecule has 2 unspecified atom stereocenters. The molecule has 1 saturated carbocycles. The molecule has 1 aliphatic heterocycles. The Hall–Kier alpha value is -0.830. The first-order valence-corrected chi connectivity index (χ1v) is 6.38. The minimum atomic E-state index is 0.159. The summed E-state index contributed by atoms with van der Waals surface area (Å²) in [6.07, 6.45) is 8.04. The maximum absolute atomic E-state index is 12.3. The maximum Gasteiger partial charge on any atom is 0.165 e. The Labute approximate surface area is 97.0 Å². The summed E-state index contributed by atoms with van der Waals surface area (Å²) in [7, 11) is 0. The number of rotatable bonds is 3. The number of Topliss-reactive ketones (excluding diaryl/α,β-unsaturated/α-hetero) is 1. The van der Waals surface area contributed by atoms with Gasteiger partial charge in [0.1, 0.15) is 0 Å². The van der Waals surface area contributed by atoms with Crippen LogP contribution in [-0.4, -0.2) is 18.9 Å². The Kier molecular flexibility index (Phi) is 3.99. The first-order valence-electron chi connectivity index (χ1n) is 6.38. The van der Waals surface area contributed by atoms with Crippen molar-refractivity contribution in [2.45, 2.75) is 38.5 Å². The van der Waals surface area contributed by atoms with Crippen LogP contribution in [0.4, 0.5) is 0 Å². The van der Waals surface area contributed by atoms with Gasteiger partial charge in [-0.05, 0) is 38.1 Å². The lowest BCUT2D eigenvalue weighted by molar-refractivity contribution is -0.122. The van der Waals surface area contributed by atoms with Gasteiger partial charge in [-0.1, -0.05) is 12.8 Å². The molecular weight excluding hydrogens is 202 g/mol. The molecule has 1 heterocycles. The van der Waals surface area contributed by atoms with Gasteiger partial charge < -0.3 is 10.5 Å². The molecule has 0 amide bonds. The number of allylic oxidation sites excluding steroid dienone is 1. The molecule has 2 atom stereocenters. The molecule has 0 radical (unpaired) electrons. The third-order valence-corrected chi connectivity index (χ3v) is 3.80. The van der Waals surface area contributed by atoms with Gasteiger partial charge in [-0.2, -0.15) is 0 Å². The van der Waals surface area contributed by atoms with E-state index in [1.165, 1.54) is 12.8 Å². The number of nitrogens with two attached hydrogens (primary N) is 1. The number of hydrogen-bond acceptors (Lipinski definition) is 3. The smallest absolute Gasteiger partial charge is 0.165 e. The molecule has 0 saturated heterocycles. The third-order valence-electron chi connectivity index (χ3n) is 3.80. The average Bonchev–Trinajstić information content (AvgIpc) is 2.39. The highest BCUT2D eigenvalue weighted by Gasteiger charge is 2.31. The Bertz CT molecular complexity index is 286. The van der Waals surface area contributed by atoms with Crippen LogP contribution in [0.15, 0.2) is 11.8 Å². The van der Waals surface area contributed by atoms with E-state index in [1.807, 2.05) is 0 Å². The number of ether oxygens (including phenoxy) is 1.